The fraction of sp³-hybridized carbons (Fsp3) is 0.417. The quantitative estimate of drug-likeness (QED) is 0.676. The van der Waals surface area contributed by atoms with E-state index in [1.165, 1.54) is 19.3 Å². The van der Waals surface area contributed by atoms with E-state index in [0.717, 1.165) is 42.7 Å². The molecule has 6 rings (SSSR count). The molecule has 4 aliphatic rings. The standard InChI is InChI=1S/C24H25ClN2O2/c25-21-4-2-1-3-20(21)22(28)26-18-5-7-19(8-6-18)27-23(29)24-12-15-9-16(13-24)11-17(10-15)14-24/h1-8,15-17H,9-14H2,(H,26,28)(H,27,29). The van der Waals surface area contributed by atoms with E-state index >= 15 is 0 Å². The highest BCUT2D eigenvalue weighted by molar-refractivity contribution is 6.34. The monoisotopic (exact) mass is 408 g/mol. The fourth-order valence-electron chi connectivity index (χ4n) is 6.13. The van der Waals surface area contributed by atoms with E-state index in [9.17, 15) is 9.59 Å². The van der Waals surface area contributed by atoms with E-state index in [2.05, 4.69) is 10.6 Å². The summed E-state index contributed by atoms with van der Waals surface area (Å²) in [6.45, 7) is 0. The molecule has 2 N–H and O–H groups in total. The van der Waals surface area contributed by atoms with Gasteiger partial charge in [-0.25, -0.2) is 0 Å². The number of amides is 2. The minimum Gasteiger partial charge on any atom is -0.326 e. The minimum absolute atomic E-state index is 0.161. The average molecular weight is 409 g/mol. The Balaban J connectivity index is 1.25. The molecule has 5 heteroatoms. The van der Waals surface area contributed by atoms with Crippen molar-refractivity contribution in [3.8, 4) is 0 Å². The Morgan fingerprint density at radius 1 is 0.793 bits per heavy atom. The van der Waals surface area contributed by atoms with Crippen LogP contribution in [0.1, 0.15) is 48.9 Å². The molecule has 2 amide bonds. The fourth-order valence-corrected chi connectivity index (χ4v) is 6.35. The molecular formula is C24H25ClN2O2. The Bertz CT molecular complexity index is 918. The first kappa shape index (κ1) is 18.7. The Morgan fingerprint density at radius 2 is 1.31 bits per heavy atom. The molecule has 150 valence electrons. The van der Waals surface area contributed by atoms with Gasteiger partial charge in [0.15, 0.2) is 0 Å². The molecule has 29 heavy (non-hydrogen) atoms. The summed E-state index contributed by atoms with van der Waals surface area (Å²) in [6, 6.07) is 14.3. The second-order valence-electron chi connectivity index (χ2n) is 9.16. The molecular weight excluding hydrogens is 384 g/mol. The minimum atomic E-state index is -0.249. The largest absolute Gasteiger partial charge is 0.326 e. The number of hydrogen-bond donors (Lipinski definition) is 2. The van der Waals surface area contributed by atoms with E-state index < -0.39 is 0 Å². The number of carbonyl (C=O) groups is 2. The topological polar surface area (TPSA) is 58.2 Å². The Labute approximate surface area is 176 Å². The van der Waals surface area contributed by atoms with Crippen LogP contribution >= 0.6 is 11.6 Å². The number of rotatable bonds is 4. The van der Waals surface area contributed by atoms with E-state index in [1.807, 2.05) is 24.3 Å². The average Bonchev–Trinajstić information content (AvgIpc) is 2.68. The maximum Gasteiger partial charge on any atom is 0.257 e. The SMILES string of the molecule is O=C(Nc1ccc(NC(=O)C23CC4CC(CC(C4)C2)C3)cc1)c1ccccc1Cl. The second kappa shape index (κ2) is 7.17. The van der Waals surface area contributed by atoms with Crippen LogP contribution in [-0.4, -0.2) is 11.8 Å². The van der Waals surface area contributed by atoms with Crippen LogP contribution in [0.5, 0.6) is 0 Å². The molecule has 2 aromatic carbocycles. The van der Waals surface area contributed by atoms with Gasteiger partial charge in [0.05, 0.1) is 16.0 Å². The first-order valence-corrected chi connectivity index (χ1v) is 10.9. The molecule has 0 heterocycles. The Morgan fingerprint density at radius 3 is 1.86 bits per heavy atom. The molecule has 4 bridgehead atoms. The molecule has 0 radical (unpaired) electrons. The van der Waals surface area contributed by atoms with Crippen molar-refractivity contribution in [1.82, 2.24) is 0 Å². The zero-order valence-electron chi connectivity index (χ0n) is 16.3. The van der Waals surface area contributed by atoms with Crippen molar-refractivity contribution < 1.29 is 9.59 Å². The zero-order valence-corrected chi connectivity index (χ0v) is 17.0. The van der Waals surface area contributed by atoms with Gasteiger partial charge in [0, 0.05) is 11.4 Å². The van der Waals surface area contributed by atoms with Crippen LogP contribution in [0.25, 0.3) is 0 Å². The van der Waals surface area contributed by atoms with Gasteiger partial charge in [-0.15, -0.1) is 0 Å². The van der Waals surface area contributed by atoms with Crippen LogP contribution in [0.4, 0.5) is 11.4 Å². The van der Waals surface area contributed by atoms with Crippen molar-refractivity contribution in [1.29, 1.82) is 0 Å². The van der Waals surface area contributed by atoms with Gasteiger partial charge in [0.25, 0.3) is 5.91 Å². The van der Waals surface area contributed by atoms with Gasteiger partial charge < -0.3 is 10.6 Å². The highest BCUT2D eigenvalue weighted by Crippen LogP contribution is 2.60. The number of hydrogen-bond acceptors (Lipinski definition) is 2. The molecule has 0 saturated heterocycles. The van der Waals surface area contributed by atoms with Crippen molar-refractivity contribution in [3.05, 3.63) is 59.1 Å². The molecule has 0 spiro atoms. The first-order chi connectivity index (χ1) is 14.0. The molecule has 0 aliphatic heterocycles. The predicted octanol–water partition coefficient (Wildman–Crippen LogP) is 5.75. The van der Waals surface area contributed by atoms with Gasteiger partial charge in [-0.05, 0) is 92.7 Å². The molecule has 0 atom stereocenters. The van der Waals surface area contributed by atoms with Gasteiger partial charge in [-0.2, -0.15) is 0 Å². The summed E-state index contributed by atoms with van der Waals surface area (Å²) in [5.41, 5.74) is 1.73. The van der Waals surface area contributed by atoms with E-state index in [0.29, 0.717) is 16.3 Å². The summed E-state index contributed by atoms with van der Waals surface area (Å²) >= 11 is 6.09. The van der Waals surface area contributed by atoms with Crippen LogP contribution in [0.3, 0.4) is 0 Å². The smallest absolute Gasteiger partial charge is 0.257 e. The second-order valence-corrected chi connectivity index (χ2v) is 9.57. The summed E-state index contributed by atoms with van der Waals surface area (Å²) in [7, 11) is 0. The number of halogens is 1. The lowest BCUT2D eigenvalue weighted by molar-refractivity contribution is -0.140. The van der Waals surface area contributed by atoms with Crippen LogP contribution in [0.2, 0.25) is 5.02 Å². The molecule has 0 unspecified atom stereocenters. The van der Waals surface area contributed by atoms with Gasteiger partial charge in [0.2, 0.25) is 5.91 Å². The van der Waals surface area contributed by atoms with Crippen molar-refractivity contribution in [2.24, 2.45) is 23.2 Å². The number of benzene rings is 2. The van der Waals surface area contributed by atoms with Crippen LogP contribution in [0.15, 0.2) is 48.5 Å². The number of nitrogens with one attached hydrogen (secondary N) is 2. The third kappa shape index (κ3) is 3.55. The lowest BCUT2D eigenvalue weighted by Gasteiger charge is -2.55. The summed E-state index contributed by atoms with van der Waals surface area (Å²) < 4.78 is 0. The number of anilines is 2. The van der Waals surface area contributed by atoms with Gasteiger partial charge >= 0.3 is 0 Å². The van der Waals surface area contributed by atoms with Gasteiger partial charge in [-0.3, -0.25) is 9.59 Å². The highest BCUT2D eigenvalue weighted by Gasteiger charge is 2.54. The lowest BCUT2D eigenvalue weighted by Crippen LogP contribution is -2.51. The van der Waals surface area contributed by atoms with Crippen LogP contribution in [0, 0.1) is 23.2 Å². The molecule has 4 fully saturated rings. The maximum absolute atomic E-state index is 13.2. The van der Waals surface area contributed by atoms with Gasteiger partial charge in [-0.1, -0.05) is 23.7 Å². The van der Waals surface area contributed by atoms with Crippen molar-refractivity contribution in [2.75, 3.05) is 10.6 Å². The van der Waals surface area contributed by atoms with Crippen LogP contribution < -0.4 is 10.6 Å². The summed E-state index contributed by atoms with van der Waals surface area (Å²) in [5.74, 6) is 2.17. The van der Waals surface area contributed by atoms with E-state index in [1.54, 1.807) is 24.3 Å². The maximum atomic E-state index is 13.2. The van der Waals surface area contributed by atoms with Crippen LogP contribution in [-0.2, 0) is 4.79 Å². The van der Waals surface area contributed by atoms with Crippen molar-refractivity contribution in [3.63, 3.8) is 0 Å². The highest BCUT2D eigenvalue weighted by atomic mass is 35.5. The normalized spacial score (nSPS) is 29.5. The van der Waals surface area contributed by atoms with E-state index in [4.69, 9.17) is 11.6 Å². The first-order valence-electron chi connectivity index (χ1n) is 10.5. The molecule has 4 nitrogen and oxygen atoms in total. The molecule has 0 aromatic heterocycles. The molecule has 4 aliphatic carbocycles. The molecule has 4 saturated carbocycles. The summed E-state index contributed by atoms with van der Waals surface area (Å²) in [6.07, 6.45) is 7.13. The Kier molecular flexibility index (Phi) is 4.62. The zero-order chi connectivity index (χ0) is 20.0. The summed E-state index contributed by atoms with van der Waals surface area (Å²) in [4.78, 5) is 25.5. The third-order valence-corrected chi connectivity index (χ3v) is 7.37. The lowest BCUT2D eigenvalue weighted by atomic mass is 9.49. The summed E-state index contributed by atoms with van der Waals surface area (Å²) in [5, 5.41) is 6.42. The van der Waals surface area contributed by atoms with Crippen molar-refractivity contribution >= 4 is 34.8 Å². The third-order valence-electron chi connectivity index (χ3n) is 7.04. The van der Waals surface area contributed by atoms with E-state index in [-0.39, 0.29) is 17.2 Å². The van der Waals surface area contributed by atoms with Crippen molar-refractivity contribution in [2.45, 2.75) is 38.5 Å². The molecule has 2 aromatic rings. The Hall–Kier alpha value is -2.33. The number of carbonyl (C=O) groups excluding carboxylic acids is 2. The predicted molar refractivity (Wildman–Crippen MR) is 115 cm³/mol. The van der Waals surface area contributed by atoms with Gasteiger partial charge in [0.1, 0.15) is 0 Å².